The van der Waals surface area contributed by atoms with E-state index in [2.05, 4.69) is 5.32 Å². The summed E-state index contributed by atoms with van der Waals surface area (Å²) in [5.74, 6) is -1.53. The van der Waals surface area contributed by atoms with Crippen LogP contribution in [0.15, 0.2) is 50.5 Å². The summed E-state index contributed by atoms with van der Waals surface area (Å²) in [5.41, 5.74) is 5.19. The van der Waals surface area contributed by atoms with Gasteiger partial charge in [0.25, 0.3) is 0 Å². The van der Waals surface area contributed by atoms with Crippen molar-refractivity contribution >= 4 is 43.8 Å². The Morgan fingerprint density at radius 3 is 2.15 bits per heavy atom. The number of primary amides is 1. The molecule has 39 heavy (non-hydrogen) atoms. The van der Waals surface area contributed by atoms with Gasteiger partial charge in [-0.2, -0.15) is 4.31 Å². The van der Waals surface area contributed by atoms with Gasteiger partial charge in [0.1, 0.15) is 17.4 Å². The number of benzene rings is 2. The van der Waals surface area contributed by atoms with Crippen LogP contribution in [0.2, 0.25) is 0 Å². The molecule has 0 bridgehead atoms. The second kappa shape index (κ2) is 13.2. The van der Waals surface area contributed by atoms with E-state index in [1.54, 1.807) is 0 Å². The number of hydrogen-bond acceptors (Lipinski definition) is 8. The Morgan fingerprint density at radius 2 is 1.56 bits per heavy atom. The molecule has 2 amide bonds. The van der Waals surface area contributed by atoms with Gasteiger partial charge < -0.3 is 25.7 Å². The molecule has 0 saturated carbocycles. The Hall–Kier alpha value is -3.32. The molecule has 1 heterocycles. The minimum atomic E-state index is -3.84. The van der Waals surface area contributed by atoms with Crippen LogP contribution in [-0.4, -0.2) is 54.1 Å². The van der Waals surface area contributed by atoms with Crippen LogP contribution in [-0.2, 0) is 19.6 Å². The van der Waals surface area contributed by atoms with Gasteiger partial charge in [-0.3, -0.25) is 14.4 Å². The molecule has 1 aromatic heterocycles. The predicted molar refractivity (Wildman–Crippen MR) is 146 cm³/mol. The quantitative estimate of drug-likeness (QED) is 0.171. The van der Waals surface area contributed by atoms with E-state index >= 15 is 0 Å². The van der Waals surface area contributed by atoms with Crippen molar-refractivity contribution in [2.75, 3.05) is 13.1 Å². The number of nitrogens with zero attached hydrogens (tertiary/aromatic N) is 1. The number of rotatable bonds is 14. The van der Waals surface area contributed by atoms with Gasteiger partial charge in [0, 0.05) is 13.1 Å². The van der Waals surface area contributed by atoms with Gasteiger partial charge in [-0.1, -0.05) is 32.8 Å². The molecule has 2 unspecified atom stereocenters. The Bertz CT molecular complexity index is 1490. The highest BCUT2D eigenvalue weighted by molar-refractivity contribution is 7.89. The standard InChI is InChI=1S/C27H35N3O8S/c1-3-5-11-30(12-6-4-2)39(36,37)18-8-10-23-20(14-18)27(35)19-13-17(7-9-22(19)38-23)21(31)15-25(33)29-26(34)16-24(28)32/h7-10,13-14,21,26,31,34H,3-6,11-12,15-16H2,1-2H3,(H2,28,32)(H,29,33). The zero-order chi connectivity index (χ0) is 28.7. The minimum absolute atomic E-state index is 0.00349. The second-order valence-electron chi connectivity index (χ2n) is 9.43. The molecule has 0 spiro atoms. The molecule has 0 aliphatic carbocycles. The van der Waals surface area contributed by atoms with Crippen LogP contribution in [0.5, 0.6) is 0 Å². The summed E-state index contributed by atoms with van der Waals surface area (Å²) in [4.78, 5) is 36.4. The van der Waals surface area contributed by atoms with E-state index in [4.69, 9.17) is 10.2 Å². The summed E-state index contributed by atoms with van der Waals surface area (Å²) < 4.78 is 34.1. The van der Waals surface area contributed by atoms with Gasteiger partial charge in [-0.25, -0.2) is 8.42 Å². The Kier molecular flexibility index (Phi) is 10.2. The number of fused-ring (bicyclic) bond motifs is 2. The number of sulfonamides is 1. The predicted octanol–water partition coefficient (Wildman–Crippen LogP) is 2.27. The Labute approximate surface area is 226 Å². The van der Waals surface area contributed by atoms with Gasteiger partial charge in [0.15, 0.2) is 0 Å². The van der Waals surface area contributed by atoms with Crippen LogP contribution in [0.4, 0.5) is 0 Å². The first kappa shape index (κ1) is 30.2. The molecule has 0 fully saturated rings. The van der Waals surface area contributed by atoms with Gasteiger partial charge >= 0.3 is 0 Å². The Morgan fingerprint density at radius 1 is 0.974 bits per heavy atom. The normalized spacial score (nSPS) is 13.6. The minimum Gasteiger partial charge on any atom is -0.456 e. The molecule has 2 aromatic carbocycles. The van der Waals surface area contributed by atoms with Crippen molar-refractivity contribution in [1.29, 1.82) is 0 Å². The first-order valence-electron chi connectivity index (χ1n) is 12.9. The number of unbranched alkanes of at least 4 members (excludes halogenated alkanes) is 2. The fourth-order valence-electron chi connectivity index (χ4n) is 4.17. The van der Waals surface area contributed by atoms with Crippen LogP contribution >= 0.6 is 0 Å². The number of nitrogens with two attached hydrogens (primary N) is 1. The first-order chi connectivity index (χ1) is 18.5. The SMILES string of the molecule is CCCCN(CCCC)S(=O)(=O)c1ccc2oc3ccc(C(O)CC(=O)NC(O)CC(N)=O)cc3c(=O)c2c1. The number of aliphatic hydroxyl groups excluding tert-OH is 2. The molecule has 11 nitrogen and oxygen atoms in total. The number of carbonyl (C=O) groups excluding carboxylic acids is 2. The maximum absolute atomic E-state index is 13.4. The van der Waals surface area contributed by atoms with Gasteiger partial charge in [-0.05, 0) is 48.7 Å². The number of hydrogen-bond donors (Lipinski definition) is 4. The van der Waals surface area contributed by atoms with E-state index in [-0.39, 0.29) is 32.4 Å². The summed E-state index contributed by atoms with van der Waals surface area (Å²) in [7, 11) is -3.84. The van der Waals surface area contributed by atoms with Crippen LogP contribution in [0.1, 0.15) is 64.0 Å². The maximum Gasteiger partial charge on any atom is 0.243 e. The van der Waals surface area contributed by atoms with E-state index in [1.807, 2.05) is 13.8 Å². The number of aliphatic hydroxyl groups is 2. The molecule has 12 heteroatoms. The lowest BCUT2D eigenvalue weighted by molar-refractivity contribution is -0.127. The topological polar surface area (TPSA) is 180 Å². The highest BCUT2D eigenvalue weighted by Gasteiger charge is 2.25. The molecule has 0 radical (unpaired) electrons. The van der Waals surface area contributed by atoms with Gasteiger partial charge in [0.2, 0.25) is 27.3 Å². The number of nitrogens with one attached hydrogen (secondary N) is 1. The highest BCUT2D eigenvalue weighted by atomic mass is 32.2. The number of amides is 2. The van der Waals surface area contributed by atoms with E-state index in [0.717, 1.165) is 25.7 Å². The van der Waals surface area contributed by atoms with Crippen molar-refractivity contribution in [3.63, 3.8) is 0 Å². The third-order valence-corrected chi connectivity index (χ3v) is 8.20. The molecule has 3 rings (SSSR count). The molecule has 5 N–H and O–H groups in total. The summed E-state index contributed by atoms with van der Waals surface area (Å²) in [6, 6.07) is 8.57. The average Bonchev–Trinajstić information content (AvgIpc) is 2.87. The zero-order valence-corrected chi connectivity index (χ0v) is 22.9. The van der Waals surface area contributed by atoms with Crippen molar-refractivity contribution in [2.45, 2.75) is 69.6 Å². The van der Waals surface area contributed by atoms with E-state index in [1.165, 1.54) is 40.7 Å². The molecular formula is C27H35N3O8S. The molecule has 0 aliphatic rings. The van der Waals surface area contributed by atoms with E-state index < -0.39 is 52.4 Å². The molecule has 0 saturated heterocycles. The average molecular weight is 562 g/mol. The van der Waals surface area contributed by atoms with Crippen molar-refractivity contribution in [1.82, 2.24) is 9.62 Å². The molecule has 2 atom stereocenters. The molecule has 212 valence electrons. The van der Waals surface area contributed by atoms with Crippen LogP contribution in [0.25, 0.3) is 21.9 Å². The summed E-state index contributed by atoms with van der Waals surface area (Å²) in [6.07, 6.45) is -0.616. The van der Waals surface area contributed by atoms with Crippen LogP contribution in [0.3, 0.4) is 0 Å². The van der Waals surface area contributed by atoms with Crippen molar-refractivity contribution < 1.29 is 32.6 Å². The van der Waals surface area contributed by atoms with Crippen molar-refractivity contribution in [2.24, 2.45) is 5.73 Å². The van der Waals surface area contributed by atoms with E-state index in [9.17, 15) is 33.0 Å². The Balaban J connectivity index is 1.94. The summed E-state index contributed by atoms with van der Waals surface area (Å²) in [5, 5.41) is 22.5. The lowest BCUT2D eigenvalue weighted by atomic mass is 10.0. The smallest absolute Gasteiger partial charge is 0.243 e. The lowest BCUT2D eigenvalue weighted by Crippen LogP contribution is -2.38. The van der Waals surface area contributed by atoms with Crippen molar-refractivity contribution in [3.8, 4) is 0 Å². The third kappa shape index (κ3) is 7.41. The van der Waals surface area contributed by atoms with Crippen molar-refractivity contribution in [3.05, 3.63) is 52.2 Å². The second-order valence-corrected chi connectivity index (χ2v) is 11.4. The third-order valence-electron chi connectivity index (χ3n) is 6.31. The monoisotopic (exact) mass is 561 g/mol. The zero-order valence-electron chi connectivity index (χ0n) is 22.1. The highest BCUT2D eigenvalue weighted by Crippen LogP contribution is 2.26. The lowest BCUT2D eigenvalue weighted by Gasteiger charge is -2.22. The van der Waals surface area contributed by atoms with E-state index in [0.29, 0.717) is 13.1 Å². The van der Waals surface area contributed by atoms with Crippen LogP contribution in [0, 0.1) is 0 Å². The van der Waals surface area contributed by atoms with Gasteiger partial charge in [0.05, 0.1) is 34.6 Å². The fraction of sp³-hybridized carbons (Fsp3) is 0.444. The first-order valence-corrected chi connectivity index (χ1v) is 14.4. The van der Waals surface area contributed by atoms with Gasteiger partial charge in [-0.15, -0.1) is 0 Å². The molecular weight excluding hydrogens is 526 g/mol. The summed E-state index contributed by atoms with van der Waals surface area (Å²) >= 11 is 0. The largest absolute Gasteiger partial charge is 0.456 e. The maximum atomic E-state index is 13.4. The molecule has 3 aromatic rings. The van der Waals surface area contributed by atoms with Crippen LogP contribution < -0.4 is 16.5 Å². The number of carbonyl (C=O) groups is 2. The molecule has 0 aliphatic heterocycles. The fourth-order valence-corrected chi connectivity index (χ4v) is 5.71. The summed E-state index contributed by atoms with van der Waals surface area (Å²) in [6.45, 7) is 4.75.